The van der Waals surface area contributed by atoms with Crippen LogP contribution in [0.1, 0.15) is 5.56 Å². The zero-order chi connectivity index (χ0) is 9.26. The third-order valence-electron chi connectivity index (χ3n) is 2.08. The summed E-state index contributed by atoms with van der Waals surface area (Å²) in [5, 5.41) is 2.56. The predicted molar refractivity (Wildman–Crippen MR) is 66.2 cm³/mol. The summed E-state index contributed by atoms with van der Waals surface area (Å²) in [7, 11) is 0. The van der Waals surface area contributed by atoms with Crippen molar-refractivity contribution in [3.05, 3.63) is 45.5 Å². The van der Waals surface area contributed by atoms with E-state index in [2.05, 4.69) is 59.0 Å². The van der Waals surface area contributed by atoms with Crippen molar-refractivity contribution in [2.24, 2.45) is 0 Å². The highest BCUT2D eigenvalue weighted by Gasteiger charge is 2.02. The van der Waals surface area contributed by atoms with E-state index in [-0.39, 0.29) is 0 Å². The largest absolute Gasteiger partial charge is 0.122 e. The summed E-state index contributed by atoms with van der Waals surface area (Å²) in [5.41, 5.74) is 1.21. The molecular formula is C11H8ClI. The van der Waals surface area contributed by atoms with Gasteiger partial charge in [0, 0.05) is 9.45 Å². The Bertz CT molecular complexity index is 432. The van der Waals surface area contributed by atoms with E-state index in [9.17, 15) is 0 Å². The van der Waals surface area contributed by atoms with Crippen molar-refractivity contribution in [1.29, 1.82) is 0 Å². The van der Waals surface area contributed by atoms with Gasteiger partial charge in [-0.05, 0) is 45.0 Å². The lowest BCUT2D eigenvalue weighted by molar-refractivity contribution is 1.44. The summed E-state index contributed by atoms with van der Waals surface area (Å²) < 4.78 is 1.27. The van der Waals surface area contributed by atoms with Gasteiger partial charge in [0.2, 0.25) is 0 Å². The molecule has 0 saturated carbocycles. The summed E-state index contributed by atoms with van der Waals surface area (Å²) >= 11 is 8.22. The molecule has 0 aliphatic carbocycles. The summed E-state index contributed by atoms with van der Waals surface area (Å²) in [6.07, 6.45) is 0. The van der Waals surface area contributed by atoms with Crippen LogP contribution in [0.25, 0.3) is 10.8 Å². The van der Waals surface area contributed by atoms with Crippen molar-refractivity contribution in [2.75, 3.05) is 0 Å². The van der Waals surface area contributed by atoms with Crippen LogP contribution in [0.4, 0.5) is 0 Å². The molecule has 13 heavy (non-hydrogen) atoms. The van der Waals surface area contributed by atoms with Crippen molar-refractivity contribution in [3.8, 4) is 0 Å². The molecule has 2 heteroatoms. The fourth-order valence-corrected chi connectivity index (χ4v) is 2.57. The summed E-state index contributed by atoms with van der Waals surface area (Å²) in [6.45, 7) is 0. The van der Waals surface area contributed by atoms with E-state index in [0.717, 1.165) is 0 Å². The normalized spacial score (nSPS) is 10.6. The van der Waals surface area contributed by atoms with Gasteiger partial charge in [0.05, 0.1) is 0 Å². The first-order valence-corrected chi connectivity index (χ1v) is 5.66. The second-order valence-electron chi connectivity index (χ2n) is 2.89. The Hall–Kier alpha value is -0.280. The maximum absolute atomic E-state index is 5.87. The highest BCUT2D eigenvalue weighted by Crippen LogP contribution is 2.25. The molecule has 0 spiro atoms. The van der Waals surface area contributed by atoms with E-state index < -0.39 is 0 Å². The van der Waals surface area contributed by atoms with Crippen molar-refractivity contribution in [2.45, 2.75) is 5.88 Å². The molecule has 2 aromatic carbocycles. The summed E-state index contributed by atoms with van der Waals surface area (Å²) in [6, 6.07) is 12.6. The second kappa shape index (κ2) is 3.84. The smallest absolute Gasteiger partial charge is 0.0480 e. The average Bonchev–Trinajstić information content (AvgIpc) is 2.17. The number of fused-ring (bicyclic) bond motifs is 1. The maximum Gasteiger partial charge on any atom is 0.0480 e. The number of rotatable bonds is 1. The number of hydrogen-bond donors (Lipinski definition) is 0. The van der Waals surface area contributed by atoms with Crippen LogP contribution in [0.15, 0.2) is 36.4 Å². The minimum atomic E-state index is 0.581. The minimum Gasteiger partial charge on any atom is -0.122 e. The predicted octanol–water partition coefficient (Wildman–Crippen LogP) is 4.18. The molecule has 0 fully saturated rings. The molecule has 0 nitrogen and oxygen atoms in total. The van der Waals surface area contributed by atoms with E-state index in [1.165, 1.54) is 19.9 Å². The topological polar surface area (TPSA) is 0 Å². The van der Waals surface area contributed by atoms with Crippen LogP contribution in [0.5, 0.6) is 0 Å². The van der Waals surface area contributed by atoms with E-state index in [1.807, 2.05) is 0 Å². The van der Waals surface area contributed by atoms with Crippen LogP contribution in [-0.2, 0) is 5.88 Å². The average molecular weight is 303 g/mol. The SMILES string of the molecule is ClCc1cccc2cccc(I)c12. The van der Waals surface area contributed by atoms with Gasteiger partial charge < -0.3 is 0 Å². The zero-order valence-corrected chi connectivity index (χ0v) is 9.84. The molecule has 0 radical (unpaired) electrons. The fraction of sp³-hybridized carbons (Fsp3) is 0.0909. The van der Waals surface area contributed by atoms with E-state index in [4.69, 9.17) is 11.6 Å². The van der Waals surface area contributed by atoms with Crippen molar-refractivity contribution >= 4 is 45.0 Å². The highest BCUT2D eigenvalue weighted by molar-refractivity contribution is 14.1. The Balaban J connectivity index is 2.87. The fourth-order valence-electron chi connectivity index (χ4n) is 1.48. The molecule has 0 unspecified atom stereocenters. The van der Waals surface area contributed by atoms with Gasteiger partial charge in [-0.3, -0.25) is 0 Å². The lowest BCUT2D eigenvalue weighted by Gasteiger charge is -2.04. The van der Waals surface area contributed by atoms with Crippen molar-refractivity contribution in [1.82, 2.24) is 0 Å². The van der Waals surface area contributed by atoms with Gasteiger partial charge in [0.1, 0.15) is 0 Å². The Morgan fingerprint density at radius 1 is 1.08 bits per heavy atom. The van der Waals surface area contributed by atoms with E-state index >= 15 is 0 Å². The van der Waals surface area contributed by atoms with Crippen LogP contribution in [0.2, 0.25) is 0 Å². The summed E-state index contributed by atoms with van der Waals surface area (Å²) in [5.74, 6) is 0.581. The lowest BCUT2D eigenvalue weighted by Crippen LogP contribution is -1.84. The Morgan fingerprint density at radius 2 is 1.77 bits per heavy atom. The Labute approximate surface area is 96.0 Å². The standard InChI is InChI=1S/C11H8ClI/c12-7-9-5-1-3-8-4-2-6-10(13)11(8)9/h1-6H,7H2. The molecule has 2 rings (SSSR count). The molecule has 0 aliphatic heterocycles. The summed E-state index contributed by atoms with van der Waals surface area (Å²) in [4.78, 5) is 0. The van der Waals surface area contributed by atoms with E-state index in [0.29, 0.717) is 5.88 Å². The first kappa shape index (κ1) is 9.28. The van der Waals surface area contributed by atoms with Crippen LogP contribution in [0.3, 0.4) is 0 Å². The Morgan fingerprint density at radius 3 is 2.46 bits per heavy atom. The molecule has 0 atom stereocenters. The first-order chi connectivity index (χ1) is 6.33. The van der Waals surface area contributed by atoms with Gasteiger partial charge in [-0.1, -0.05) is 30.3 Å². The van der Waals surface area contributed by atoms with Crippen LogP contribution in [-0.4, -0.2) is 0 Å². The number of alkyl halides is 1. The zero-order valence-electron chi connectivity index (χ0n) is 6.93. The second-order valence-corrected chi connectivity index (χ2v) is 4.32. The first-order valence-electron chi connectivity index (χ1n) is 4.05. The highest BCUT2D eigenvalue weighted by atomic mass is 127. The monoisotopic (exact) mass is 302 g/mol. The Kier molecular flexibility index (Phi) is 2.74. The molecule has 0 bridgehead atoms. The third kappa shape index (κ3) is 1.67. The number of hydrogen-bond acceptors (Lipinski definition) is 0. The molecule has 0 heterocycles. The van der Waals surface area contributed by atoms with E-state index in [1.54, 1.807) is 0 Å². The van der Waals surface area contributed by atoms with Gasteiger partial charge in [-0.25, -0.2) is 0 Å². The molecule has 0 saturated heterocycles. The van der Waals surface area contributed by atoms with Gasteiger partial charge in [0.15, 0.2) is 0 Å². The third-order valence-corrected chi connectivity index (χ3v) is 3.27. The van der Waals surface area contributed by atoms with Crippen LogP contribution in [0, 0.1) is 3.57 Å². The van der Waals surface area contributed by atoms with Gasteiger partial charge in [-0.2, -0.15) is 0 Å². The molecule has 0 aliphatic rings. The quantitative estimate of drug-likeness (QED) is 0.547. The number of halogens is 2. The van der Waals surface area contributed by atoms with Crippen LogP contribution >= 0.6 is 34.2 Å². The molecule has 0 N–H and O–H groups in total. The van der Waals surface area contributed by atoms with Gasteiger partial charge in [0.25, 0.3) is 0 Å². The van der Waals surface area contributed by atoms with Crippen LogP contribution < -0.4 is 0 Å². The molecule has 2 aromatic rings. The molecule has 0 amide bonds. The van der Waals surface area contributed by atoms with Gasteiger partial charge in [-0.15, -0.1) is 11.6 Å². The maximum atomic E-state index is 5.87. The number of benzene rings is 2. The van der Waals surface area contributed by atoms with Crippen molar-refractivity contribution in [3.63, 3.8) is 0 Å². The molecule has 0 aromatic heterocycles. The van der Waals surface area contributed by atoms with Crippen molar-refractivity contribution < 1.29 is 0 Å². The minimum absolute atomic E-state index is 0.581. The lowest BCUT2D eigenvalue weighted by atomic mass is 10.1. The molecular weight excluding hydrogens is 294 g/mol. The molecule has 66 valence electrons. The van der Waals surface area contributed by atoms with Gasteiger partial charge >= 0.3 is 0 Å².